The van der Waals surface area contributed by atoms with Crippen LogP contribution in [0.5, 0.6) is 0 Å². The third-order valence-corrected chi connectivity index (χ3v) is 5.03. The van der Waals surface area contributed by atoms with Crippen LogP contribution < -0.4 is 10.2 Å². The molecule has 0 aliphatic carbocycles. The minimum absolute atomic E-state index is 0.0702. The van der Waals surface area contributed by atoms with Crippen molar-refractivity contribution in [3.05, 3.63) is 30.7 Å². The predicted molar refractivity (Wildman–Crippen MR) is 101 cm³/mol. The Morgan fingerprint density at radius 1 is 1.26 bits per heavy atom. The second kappa shape index (κ2) is 9.45. The van der Waals surface area contributed by atoms with Crippen molar-refractivity contribution in [3.8, 4) is 0 Å². The molecule has 1 N–H and O–H groups in total. The first-order valence-corrected chi connectivity index (χ1v) is 9.51. The molecular weight excluding hydrogens is 346 g/mol. The van der Waals surface area contributed by atoms with Crippen molar-refractivity contribution in [2.45, 2.75) is 25.2 Å². The molecule has 0 aromatic carbocycles. The summed E-state index contributed by atoms with van der Waals surface area (Å²) in [4.78, 5) is 36.7. The summed E-state index contributed by atoms with van der Waals surface area (Å²) >= 11 is 0. The fourth-order valence-electron chi connectivity index (χ4n) is 3.44. The standard InChI is InChI=1S/C19H27N5O3/c1-2-17(25)20-8-4-18(26)24-9-5-15(6-10-24)19-21-7-3-16(22-19)23-11-13-27-14-12-23/h2-3,7,15H,1,4-6,8-14H2,(H,20,25). The summed E-state index contributed by atoms with van der Waals surface area (Å²) < 4.78 is 5.40. The van der Waals surface area contributed by atoms with Crippen LogP contribution in [0.25, 0.3) is 0 Å². The van der Waals surface area contributed by atoms with E-state index in [1.165, 1.54) is 6.08 Å². The summed E-state index contributed by atoms with van der Waals surface area (Å²) in [6.45, 7) is 8.30. The van der Waals surface area contributed by atoms with Gasteiger partial charge in [0.15, 0.2) is 0 Å². The van der Waals surface area contributed by atoms with Crippen molar-refractivity contribution in [2.75, 3.05) is 50.8 Å². The number of likely N-dealkylation sites (tertiary alicyclic amines) is 1. The number of aromatic nitrogens is 2. The van der Waals surface area contributed by atoms with Crippen LogP contribution >= 0.6 is 0 Å². The topological polar surface area (TPSA) is 87.7 Å². The average Bonchev–Trinajstić information content (AvgIpc) is 2.74. The molecule has 27 heavy (non-hydrogen) atoms. The van der Waals surface area contributed by atoms with Crippen LogP contribution in [-0.2, 0) is 14.3 Å². The highest BCUT2D eigenvalue weighted by Crippen LogP contribution is 2.27. The van der Waals surface area contributed by atoms with Gasteiger partial charge in [-0.2, -0.15) is 0 Å². The van der Waals surface area contributed by atoms with Gasteiger partial charge in [-0.05, 0) is 25.0 Å². The van der Waals surface area contributed by atoms with E-state index < -0.39 is 0 Å². The first kappa shape index (κ1) is 19.3. The molecule has 0 saturated carbocycles. The van der Waals surface area contributed by atoms with Gasteiger partial charge < -0.3 is 19.9 Å². The number of carbonyl (C=O) groups excluding carboxylic acids is 2. The van der Waals surface area contributed by atoms with Crippen LogP contribution in [0, 0.1) is 0 Å². The van der Waals surface area contributed by atoms with Crippen molar-refractivity contribution in [3.63, 3.8) is 0 Å². The fraction of sp³-hybridized carbons (Fsp3) is 0.579. The van der Waals surface area contributed by atoms with Gasteiger partial charge in [-0.25, -0.2) is 9.97 Å². The maximum atomic E-state index is 12.3. The zero-order valence-electron chi connectivity index (χ0n) is 15.6. The summed E-state index contributed by atoms with van der Waals surface area (Å²) in [6, 6.07) is 1.95. The Morgan fingerprint density at radius 3 is 2.70 bits per heavy atom. The van der Waals surface area contributed by atoms with Crippen LogP contribution in [0.3, 0.4) is 0 Å². The van der Waals surface area contributed by atoms with Gasteiger partial charge in [0.2, 0.25) is 11.8 Å². The summed E-state index contributed by atoms with van der Waals surface area (Å²) in [5, 5.41) is 2.64. The lowest BCUT2D eigenvalue weighted by molar-refractivity contribution is -0.132. The number of nitrogens with zero attached hydrogens (tertiary/aromatic N) is 4. The number of hydrogen-bond acceptors (Lipinski definition) is 6. The molecule has 0 radical (unpaired) electrons. The van der Waals surface area contributed by atoms with E-state index in [1.807, 2.05) is 17.2 Å². The maximum Gasteiger partial charge on any atom is 0.243 e. The van der Waals surface area contributed by atoms with E-state index in [0.29, 0.717) is 26.1 Å². The SMILES string of the molecule is C=CC(=O)NCCC(=O)N1CCC(c2nccc(N3CCOCC3)n2)CC1. The maximum absolute atomic E-state index is 12.3. The van der Waals surface area contributed by atoms with Gasteiger partial charge in [0, 0.05) is 51.3 Å². The highest BCUT2D eigenvalue weighted by atomic mass is 16.5. The number of ether oxygens (including phenoxy) is 1. The minimum Gasteiger partial charge on any atom is -0.378 e. The Morgan fingerprint density at radius 2 is 2.00 bits per heavy atom. The third-order valence-electron chi connectivity index (χ3n) is 5.03. The average molecular weight is 373 g/mol. The largest absolute Gasteiger partial charge is 0.378 e. The lowest BCUT2D eigenvalue weighted by Crippen LogP contribution is -2.40. The molecule has 2 aliphatic rings. The molecule has 1 aromatic rings. The van der Waals surface area contributed by atoms with E-state index >= 15 is 0 Å². The fourth-order valence-corrected chi connectivity index (χ4v) is 3.44. The van der Waals surface area contributed by atoms with Gasteiger partial charge in [0.1, 0.15) is 11.6 Å². The number of amides is 2. The molecule has 3 heterocycles. The lowest BCUT2D eigenvalue weighted by atomic mass is 9.95. The molecule has 0 bridgehead atoms. The number of piperidine rings is 1. The normalized spacial score (nSPS) is 18.2. The molecule has 1 aromatic heterocycles. The van der Waals surface area contributed by atoms with Gasteiger partial charge in [-0.1, -0.05) is 6.58 Å². The van der Waals surface area contributed by atoms with Crippen LogP contribution in [0.1, 0.15) is 31.0 Å². The number of rotatable bonds is 6. The molecular formula is C19H27N5O3. The lowest BCUT2D eigenvalue weighted by Gasteiger charge is -2.32. The van der Waals surface area contributed by atoms with E-state index in [0.717, 1.165) is 50.8 Å². The second-order valence-electron chi connectivity index (χ2n) is 6.77. The van der Waals surface area contributed by atoms with Crippen LogP contribution in [0.4, 0.5) is 5.82 Å². The number of hydrogen-bond donors (Lipinski definition) is 1. The summed E-state index contributed by atoms with van der Waals surface area (Å²) in [5.74, 6) is 1.92. The van der Waals surface area contributed by atoms with Crippen molar-refractivity contribution in [2.24, 2.45) is 0 Å². The monoisotopic (exact) mass is 373 g/mol. The number of morpholine rings is 1. The van der Waals surface area contributed by atoms with E-state index in [4.69, 9.17) is 9.72 Å². The van der Waals surface area contributed by atoms with Gasteiger partial charge in [-0.3, -0.25) is 9.59 Å². The summed E-state index contributed by atoms with van der Waals surface area (Å²) in [7, 11) is 0. The van der Waals surface area contributed by atoms with Gasteiger partial charge in [0.25, 0.3) is 0 Å². The van der Waals surface area contributed by atoms with E-state index in [9.17, 15) is 9.59 Å². The molecule has 2 aliphatic heterocycles. The summed E-state index contributed by atoms with van der Waals surface area (Å²) in [6.07, 6.45) is 5.07. The van der Waals surface area contributed by atoms with Crippen LogP contribution in [0.15, 0.2) is 24.9 Å². The highest BCUT2D eigenvalue weighted by Gasteiger charge is 2.26. The molecule has 146 valence electrons. The molecule has 8 heteroatoms. The Balaban J connectivity index is 1.49. The van der Waals surface area contributed by atoms with Crippen LogP contribution in [0.2, 0.25) is 0 Å². The van der Waals surface area contributed by atoms with E-state index in [-0.39, 0.29) is 17.7 Å². The molecule has 2 amide bonds. The van der Waals surface area contributed by atoms with Crippen molar-refractivity contribution in [1.29, 1.82) is 0 Å². The number of carbonyl (C=O) groups is 2. The van der Waals surface area contributed by atoms with Gasteiger partial charge in [-0.15, -0.1) is 0 Å². The molecule has 0 spiro atoms. The van der Waals surface area contributed by atoms with Gasteiger partial charge in [0.05, 0.1) is 13.2 Å². The zero-order valence-corrected chi connectivity index (χ0v) is 15.6. The van der Waals surface area contributed by atoms with Gasteiger partial charge >= 0.3 is 0 Å². The second-order valence-corrected chi connectivity index (χ2v) is 6.77. The Kier molecular flexibility index (Phi) is 6.75. The molecule has 2 saturated heterocycles. The third kappa shape index (κ3) is 5.26. The van der Waals surface area contributed by atoms with Crippen molar-refractivity contribution >= 4 is 17.6 Å². The minimum atomic E-state index is -0.251. The Hall–Kier alpha value is -2.48. The first-order valence-electron chi connectivity index (χ1n) is 9.51. The Labute approximate surface area is 159 Å². The van der Waals surface area contributed by atoms with Crippen molar-refractivity contribution in [1.82, 2.24) is 20.2 Å². The number of anilines is 1. The zero-order chi connectivity index (χ0) is 19.1. The highest BCUT2D eigenvalue weighted by molar-refractivity contribution is 5.87. The molecule has 0 atom stereocenters. The predicted octanol–water partition coefficient (Wildman–Crippen LogP) is 0.712. The number of nitrogens with one attached hydrogen (secondary N) is 1. The Bertz CT molecular complexity index is 667. The molecule has 3 rings (SSSR count). The molecule has 8 nitrogen and oxygen atoms in total. The van der Waals surface area contributed by atoms with E-state index in [2.05, 4.69) is 21.8 Å². The summed E-state index contributed by atoms with van der Waals surface area (Å²) in [5.41, 5.74) is 0. The van der Waals surface area contributed by atoms with Crippen LogP contribution in [-0.4, -0.2) is 72.6 Å². The molecule has 2 fully saturated rings. The quantitative estimate of drug-likeness (QED) is 0.739. The smallest absolute Gasteiger partial charge is 0.243 e. The molecule has 0 unspecified atom stereocenters. The van der Waals surface area contributed by atoms with E-state index in [1.54, 1.807) is 0 Å². The first-order chi connectivity index (χ1) is 13.2. The van der Waals surface area contributed by atoms with Crippen molar-refractivity contribution < 1.29 is 14.3 Å².